The Balaban J connectivity index is 1.81. The fourth-order valence-corrected chi connectivity index (χ4v) is 2.39. The van der Waals surface area contributed by atoms with Crippen LogP contribution in [0.25, 0.3) is 0 Å². The van der Waals surface area contributed by atoms with Gasteiger partial charge in [0.2, 0.25) is 5.91 Å². The molecular weight excluding hydrogens is 344 g/mol. The maximum atomic E-state index is 13.4. The van der Waals surface area contributed by atoms with E-state index in [-0.39, 0.29) is 31.1 Å². The minimum absolute atomic E-state index is 0.0743. The van der Waals surface area contributed by atoms with Gasteiger partial charge < -0.3 is 15.2 Å². The smallest absolute Gasteiger partial charge is 0.305 e. The molecule has 26 heavy (non-hydrogen) atoms. The monoisotopic (exact) mass is 363 g/mol. The van der Waals surface area contributed by atoms with Crippen LogP contribution in [0.15, 0.2) is 48.5 Å². The van der Waals surface area contributed by atoms with Crippen molar-refractivity contribution in [2.45, 2.75) is 25.3 Å². The number of benzene rings is 2. The van der Waals surface area contributed by atoms with Crippen LogP contribution in [-0.4, -0.2) is 23.6 Å². The standard InChI is InChI=1S/C19H19F2NO4/c20-14-8-9-17(15(21)11-14)26-10-4-7-18(23)22-16(12-19(24)25)13-5-2-1-3-6-13/h1-3,5-6,8-9,11,16H,4,7,10,12H2,(H,22,23)(H,24,25). The Bertz CT molecular complexity index is 752. The van der Waals surface area contributed by atoms with Gasteiger partial charge in [0.25, 0.3) is 0 Å². The summed E-state index contributed by atoms with van der Waals surface area (Å²) in [6.45, 7) is 0.0743. The summed E-state index contributed by atoms with van der Waals surface area (Å²) in [6, 6.07) is 11.2. The molecule has 0 aliphatic rings. The third kappa shape index (κ3) is 6.16. The van der Waals surface area contributed by atoms with Crippen molar-refractivity contribution in [3.63, 3.8) is 0 Å². The first-order chi connectivity index (χ1) is 12.5. The molecule has 138 valence electrons. The number of rotatable bonds is 9. The minimum Gasteiger partial charge on any atom is -0.491 e. The molecule has 0 heterocycles. The Morgan fingerprint density at radius 1 is 1.12 bits per heavy atom. The fourth-order valence-electron chi connectivity index (χ4n) is 2.39. The summed E-state index contributed by atoms with van der Waals surface area (Å²) >= 11 is 0. The van der Waals surface area contributed by atoms with Crippen molar-refractivity contribution in [1.82, 2.24) is 5.32 Å². The first kappa shape index (κ1) is 19.4. The van der Waals surface area contributed by atoms with E-state index in [4.69, 9.17) is 9.84 Å². The molecule has 2 rings (SSSR count). The van der Waals surface area contributed by atoms with E-state index in [1.54, 1.807) is 30.3 Å². The summed E-state index contributed by atoms with van der Waals surface area (Å²) in [4.78, 5) is 23.1. The molecule has 2 aromatic rings. The van der Waals surface area contributed by atoms with Gasteiger partial charge in [-0.1, -0.05) is 30.3 Å². The first-order valence-electron chi connectivity index (χ1n) is 8.09. The van der Waals surface area contributed by atoms with E-state index in [2.05, 4.69) is 5.32 Å². The lowest BCUT2D eigenvalue weighted by atomic mass is 10.0. The maximum absolute atomic E-state index is 13.4. The number of hydrogen-bond donors (Lipinski definition) is 2. The summed E-state index contributed by atoms with van der Waals surface area (Å²) in [5.41, 5.74) is 0.702. The van der Waals surface area contributed by atoms with Gasteiger partial charge in [0.1, 0.15) is 5.82 Å². The molecule has 2 aromatic carbocycles. The summed E-state index contributed by atoms with van der Waals surface area (Å²) in [6.07, 6.45) is 0.163. The van der Waals surface area contributed by atoms with Crippen LogP contribution in [0.1, 0.15) is 30.9 Å². The number of carbonyl (C=O) groups is 2. The van der Waals surface area contributed by atoms with Gasteiger partial charge in [-0.05, 0) is 24.1 Å². The lowest BCUT2D eigenvalue weighted by Crippen LogP contribution is -2.30. The number of carbonyl (C=O) groups excluding carboxylic acids is 1. The molecule has 5 nitrogen and oxygen atoms in total. The Morgan fingerprint density at radius 3 is 2.50 bits per heavy atom. The number of ether oxygens (including phenoxy) is 1. The van der Waals surface area contributed by atoms with Crippen LogP contribution in [0.3, 0.4) is 0 Å². The molecule has 0 spiro atoms. The van der Waals surface area contributed by atoms with Crippen LogP contribution in [0.2, 0.25) is 0 Å². The van der Waals surface area contributed by atoms with E-state index in [1.807, 2.05) is 0 Å². The molecule has 0 aromatic heterocycles. The van der Waals surface area contributed by atoms with Crippen LogP contribution in [-0.2, 0) is 9.59 Å². The molecule has 0 fully saturated rings. The SMILES string of the molecule is O=C(O)CC(NC(=O)CCCOc1ccc(F)cc1F)c1ccccc1. The molecule has 0 saturated heterocycles. The topological polar surface area (TPSA) is 75.6 Å². The zero-order chi connectivity index (χ0) is 18.9. The lowest BCUT2D eigenvalue weighted by Gasteiger charge is -2.17. The fraction of sp³-hybridized carbons (Fsp3) is 0.263. The number of halogens is 2. The molecule has 1 unspecified atom stereocenters. The van der Waals surface area contributed by atoms with Crippen molar-refractivity contribution in [3.8, 4) is 5.75 Å². The van der Waals surface area contributed by atoms with Crippen LogP contribution >= 0.6 is 0 Å². The molecule has 1 amide bonds. The second-order valence-corrected chi connectivity index (χ2v) is 5.66. The highest BCUT2D eigenvalue weighted by Gasteiger charge is 2.17. The number of amides is 1. The van der Waals surface area contributed by atoms with Crippen molar-refractivity contribution in [2.75, 3.05) is 6.61 Å². The Kier molecular flexibility index (Phi) is 7.08. The van der Waals surface area contributed by atoms with Crippen molar-refractivity contribution < 1.29 is 28.2 Å². The number of hydrogen-bond acceptors (Lipinski definition) is 3. The number of carboxylic acids is 1. The van der Waals surface area contributed by atoms with Crippen molar-refractivity contribution in [2.24, 2.45) is 0 Å². The highest BCUT2D eigenvalue weighted by atomic mass is 19.1. The molecule has 0 saturated carbocycles. The van der Waals surface area contributed by atoms with Gasteiger partial charge in [-0.15, -0.1) is 0 Å². The zero-order valence-electron chi connectivity index (χ0n) is 14.0. The predicted molar refractivity (Wildman–Crippen MR) is 90.7 cm³/mol. The third-order valence-corrected chi connectivity index (χ3v) is 3.62. The number of nitrogens with one attached hydrogen (secondary N) is 1. The Labute approximate surface area is 149 Å². The highest BCUT2D eigenvalue weighted by molar-refractivity contribution is 5.77. The van der Waals surface area contributed by atoms with Crippen LogP contribution in [0, 0.1) is 11.6 Å². The van der Waals surface area contributed by atoms with Crippen molar-refractivity contribution in [3.05, 3.63) is 65.7 Å². The number of aliphatic carboxylic acids is 1. The summed E-state index contributed by atoms with van der Waals surface area (Å²) in [5, 5.41) is 11.7. The molecule has 0 radical (unpaired) electrons. The third-order valence-electron chi connectivity index (χ3n) is 3.62. The van der Waals surface area contributed by atoms with Gasteiger partial charge in [0, 0.05) is 12.5 Å². The molecule has 0 bridgehead atoms. The zero-order valence-corrected chi connectivity index (χ0v) is 14.0. The average molecular weight is 363 g/mol. The van der Waals surface area contributed by atoms with Crippen LogP contribution in [0.5, 0.6) is 5.75 Å². The summed E-state index contributed by atoms with van der Waals surface area (Å²) in [7, 11) is 0. The summed E-state index contributed by atoms with van der Waals surface area (Å²) in [5.74, 6) is -2.93. The second kappa shape index (κ2) is 9.50. The van der Waals surface area contributed by atoms with Gasteiger partial charge in [-0.2, -0.15) is 0 Å². The van der Waals surface area contributed by atoms with Gasteiger partial charge >= 0.3 is 5.97 Å². The van der Waals surface area contributed by atoms with Gasteiger partial charge in [0.15, 0.2) is 11.6 Å². The molecular formula is C19H19F2NO4. The van der Waals surface area contributed by atoms with E-state index in [1.165, 1.54) is 6.07 Å². The van der Waals surface area contributed by atoms with Crippen LogP contribution < -0.4 is 10.1 Å². The number of carboxylic acid groups (broad SMARTS) is 1. The maximum Gasteiger partial charge on any atom is 0.305 e. The van der Waals surface area contributed by atoms with E-state index in [9.17, 15) is 18.4 Å². The lowest BCUT2D eigenvalue weighted by molar-refractivity contribution is -0.137. The normalized spacial score (nSPS) is 11.6. The van der Waals surface area contributed by atoms with Gasteiger partial charge in [-0.3, -0.25) is 9.59 Å². The summed E-state index contributed by atoms with van der Waals surface area (Å²) < 4.78 is 31.4. The van der Waals surface area contributed by atoms with Crippen molar-refractivity contribution >= 4 is 11.9 Å². The van der Waals surface area contributed by atoms with Gasteiger partial charge in [-0.25, -0.2) is 8.78 Å². The molecule has 0 aliphatic heterocycles. The second-order valence-electron chi connectivity index (χ2n) is 5.66. The average Bonchev–Trinajstić information content (AvgIpc) is 2.60. The van der Waals surface area contributed by atoms with E-state index < -0.39 is 23.6 Å². The van der Waals surface area contributed by atoms with Crippen molar-refractivity contribution in [1.29, 1.82) is 0 Å². The molecule has 7 heteroatoms. The largest absolute Gasteiger partial charge is 0.491 e. The molecule has 2 N–H and O–H groups in total. The molecule has 1 atom stereocenters. The van der Waals surface area contributed by atoms with Crippen LogP contribution in [0.4, 0.5) is 8.78 Å². The first-order valence-corrected chi connectivity index (χ1v) is 8.09. The van der Waals surface area contributed by atoms with E-state index >= 15 is 0 Å². The quantitative estimate of drug-likeness (QED) is 0.669. The Hall–Kier alpha value is -2.96. The Morgan fingerprint density at radius 2 is 1.85 bits per heavy atom. The highest BCUT2D eigenvalue weighted by Crippen LogP contribution is 2.19. The van der Waals surface area contributed by atoms with E-state index in [0.29, 0.717) is 12.0 Å². The minimum atomic E-state index is -1.02. The van der Waals surface area contributed by atoms with E-state index in [0.717, 1.165) is 12.1 Å². The van der Waals surface area contributed by atoms with Gasteiger partial charge in [0.05, 0.1) is 19.1 Å². The predicted octanol–water partition coefficient (Wildman–Crippen LogP) is 3.46. The molecule has 0 aliphatic carbocycles.